The van der Waals surface area contributed by atoms with Crippen molar-refractivity contribution < 1.29 is 0 Å². The average Bonchev–Trinajstić information content (AvgIpc) is 3.09. The fraction of sp³-hybridized carbons (Fsp3) is 0.400. The van der Waals surface area contributed by atoms with E-state index in [1.165, 1.54) is 34.9 Å². The Bertz CT molecular complexity index is 613. The number of rotatable bonds is 4. The number of hydrogen-bond acceptors (Lipinski definition) is 1. The lowest BCUT2D eigenvalue weighted by molar-refractivity contribution is 0.871. The minimum atomic E-state index is 0. The normalized spacial score (nSPS) is 15.2. The van der Waals surface area contributed by atoms with Gasteiger partial charge in [0.05, 0.1) is 0 Å². The maximum Gasteiger partial charge on any atom is 0.188 e. The number of nitrogens with two attached hydrogens (primary N) is 1. The summed E-state index contributed by atoms with van der Waals surface area (Å²) in [7, 11) is 0. The first kappa shape index (κ1) is 15.2. The molecule has 1 aromatic heterocycles. The second-order valence-corrected chi connectivity index (χ2v) is 5.25. The van der Waals surface area contributed by atoms with Gasteiger partial charge in [-0.15, -0.1) is 24.0 Å². The van der Waals surface area contributed by atoms with Crippen molar-refractivity contribution in [2.24, 2.45) is 10.7 Å². The highest BCUT2D eigenvalue weighted by molar-refractivity contribution is 14.0. The van der Waals surface area contributed by atoms with Gasteiger partial charge in [0.25, 0.3) is 0 Å². The van der Waals surface area contributed by atoms with Crippen molar-refractivity contribution in [2.75, 3.05) is 6.54 Å². The molecule has 1 aromatic carbocycles. The van der Waals surface area contributed by atoms with Crippen molar-refractivity contribution in [1.82, 2.24) is 10.3 Å². The smallest absolute Gasteiger partial charge is 0.188 e. The van der Waals surface area contributed by atoms with Crippen LogP contribution in [0.25, 0.3) is 10.9 Å². The van der Waals surface area contributed by atoms with Gasteiger partial charge in [-0.1, -0.05) is 18.2 Å². The fourth-order valence-corrected chi connectivity index (χ4v) is 2.35. The predicted octanol–water partition coefficient (Wildman–Crippen LogP) is 2.70. The number of aryl methyl sites for hydroxylation is 1. The summed E-state index contributed by atoms with van der Waals surface area (Å²) in [5.41, 5.74) is 9.64. The minimum absolute atomic E-state index is 0. The molecule has 1 saturated carbocycles. The highest BCUT2D eigenvalue weighted by Gasteiger charge is 2.21. The quantitative estimate of drug-likeness (QED) is 0.431. The van der Waals surface area contributed by atoms with Crippen LogP contribution in [0, 0.1) is 6.92 Å². The third-order valence-corrected chi connectivity index (χ3v) is 3.60. The zero-order valence-electron chi connectivity index (χ0n) is 11.6. The van der Waals surface area contributed by atoms with E-state index in [4.69, 9.17) is 5.73 Å². The molecule has 1 heterocycles. The van der Waals surface area contributed by atoms with Gasteiger partial charge in [-0.3, -0.25) is 4.99 Å². The van der Waals surface area contributed by atoms with E-state index in [0.717, 1.165) is 13.0 Å². The van der Waals surface area contributed by atoms with Gasteiger partial charge in [-0.2, -0.15) is 0 Å². The van der Waals surface area contributed by atoms with Crippen LogP contribution in [0.2, 0.25) is 0 Å². The fourth-order valence-electron chi connectivity index (χ4n) is 2.35. The van der Waals surface area contributed by atoms with E-state index < -0.39 is 0 Å². The van der Waals surface area contributed by atoms with Gasteiger partial charge in [-0.25, -0.2) is 0 Å². The number of fused-ring (bicyclic) bond motifs is 1. The summed E-state index contributed by atoms with van der Waals surface area (Å²) in [5, 5.41) is 4.50. The predicted molar refractivity (Wildman–Crippen MR) is 94.8 cm³/mol. The molecule has 3 rings (SSSR count). The molecule has 5 heteroatoms. The zero-order valence-corrected chi connectivity index (χ0v) is 14.0. The van der Waals surface area contributed by atoms with Gasteiger partial charge in [0, 0.05) is 29.7 Å². The van der Waals surface area contributed by atoms with Gasteiger partial charge >= 0.3 is 0 Å². The molecule has 0 spiro atoms. The Morgan fingerprint density at radius 1 is 1.45 bits per heavy atom. The van der Waals surface area contributed by atoms with Crippen LogP contribution in [0.5, 0.6) is 0 Å². The van der Waals surface area contributed by atoms with E-state index in [1.54, 1.807) is 0 Å². The molecule has 1 aliphatic rings. The lowest BCUT2D eigenvalue weighted by Gasteiger charge is -2.03. The maximum absolute atomic E-state index is 5.82. The van der Waals surface area contributed by atoms with E-state index in [1.807, 2.05) is 0 Å². The number of guanidine groups is 1. The van der Waals surface area contributed by atoms with Gasteiger partial charge < -0.3 is 16.0 Å². The van der Waals surface area contributed by atoms with Crippen molar-refractivity contribution in [3.63, 3.8) is 0 Å². The third kappa shape index (κ3) is 3.45. The molecule has 1 fully saturated rings. The monoisotopic (exact) mass is 384 g/mol. The van der Waals surface area contributed by atoms with Gasteiger partial charge in [0.15, 0.2) is 5.96 Å². The first-order valence-electron chi connectivity index (χ1n) is 6.86. The third-order valence-electron chi connectivity index (χ3n) is 3.60. The number of aliphatic imine (C=N–C) groups is 1. The van der Waals surface area contributed by atoms with Crippen LogP contribution in [0.4, 0.5) is 0 Å². The second kappa shape index (κ2) is 6.47. The second-order valence-electron chi connectivity index (χ2n) is 5.25. The lowest BCUT2D eigenvalue weighted by Crippen LogP contribution is -2.33. The van der Waals surface area contributed by atoms with Gasteiger partial charge in [-0.05, 0) is 37.3 Å². The van der Waals surface area contributed by atoms with Crippen molar-refractivity contribution >= 4 is 40.8 Å². The summed E-state index contributed by atoms with van der Waals surface area (Å²) < 4.78 is 0. The van der Waals surface area contributed by atoms with E-state index in [0.29, 0.717) is 12.0 Å². The highest BCUT2D eigenvalue weighted by Crippen LogP contribution is 2.21. The zero-order chi connectivity index (χ0) is 13.2. The Morgan fingerprint density at radius 2 is 2.25 bits per heavy atom. The van der Waals surface area contributed by atoms with Crippen molar-refractivity contribution in [3.8, 4) is 0 Å². The number of aromatic amines is 1. The molecule has 0 radical (unpaired) electrons. The number of benzene rings is 1. The number of nitrogens with zero attached hydrogens (tertiary/aromatic N) is 1. The van der Waals surface area contributed by atoms with Crippen molar-refractivity contribution in [1.29, 1.82) is 0 Å². The van der Waals surface area contributed by atoms with Crippen molar-refractivity contribution in [2.45, 2.75) is 32.2 Å². The van der Waals surface area contributed by atoms with E-state index >= 15 is 0 Å². The van der Waals surface area contributed by atoms with Crippen LogP contribution < -0.4 is 11.1 Å². The summed E-state index contributed by atoms with van der Waals surface area (Å²) >= 11 is 0. The number of para-hydroxylation sites is 1. The summed E-state index contributed by atoms with van der Waals surface area (Å²) in [6.45, 7) is 2.85. The van der Waals surface area contributed by atoms with E-state index in [2.05, 4.69) is 46.6 Å². The molecular weight excluding hydrogens is 363 g/mol. The summed E-state index contributed by atoms with van der Waals surface area (Å²) in [4.78, 5) is 7.72. The largest absolute Gasteiger partial charge is 0.370 e. The minimum Gasteiger partial charge on any atom is -0.370 e. The van der Waals surface area contributed by atoms with Gasteiger partial charge in [0.2, 0.25) is 0 Å². The van der Waals surface area contributed by atoms with Crippen LogP contribution in [-0.2, 0) is 6.42 Å². The molecule has 0 saturated heterocycles. The maximum atomic E-state index is 5.82. The Labute approximate surface area is 136 Å². The number of aromatic nitrogens is 1. The van der Waals surface area contributed by atoms with Gasteiger partial charge in [0.1, 0.15) is 0 Å². The standard InChI is InChI=1S/C15H20N4.HI/c1-10-3-2-4-13-11(9-18-14(10)13)7-8-17-15(16)19-12-5-6-12;/h2-4,9,12,18H,5-8H2,1H3,(H3,16,17,19);1H. The summed E-state index contributed by atoms with van der Waals surface area (Å²) in [6.07, 6.45) is 5.43. The molecule has 4 nitrogen and oxygen atoms in total. The molecule has 108 valence electrons. The number of hydrogen-bond donors (Lipinski definition) is 3. The molecule has 4 N–H and O–H groups in total. The molecule has 0 aliphatic heterocycles. The average molecular weight is 384 g/mol. The Balaban J connectivity index is 0.00000147. The Morgan fingerprint density at radius 3 is 3.00 bits per heavy atom. The SMILES string of the molecule is Cc1cccc2c(CCN=C(N)NC3CC3)c[nH]c12.I. The number of nitrogens with one attached hydrogen (secondary N) is 2. The topological polar surface area (TPSA) is 66.2 Å². The van der Waals surface area contributed by atoms with Crippen LogP contribution in [-0.4, -0.2) is 23.5 Å². The first-order valence-corrected chi connectivity index (χ1v) is 6.86. The Kier molecular flexibility index (Phi) is 4.91. The molecule has 2 aromatic rings. The van der Waals surface area contributed by atoms with E-state index in [9.17, 15) is 0 Å². The summed E-state index contributed by atoms with van der Waals surface area (Å²) in [6, 6.07) is 6.95. The molecule has 0 amide bonds. The number of halogens is 1. The molecular formula is C15H21IN4. The van der Waals surface area contributed by atoms with Crippen LogP contribution in [0.1, 0.15) is 24.0 Å². The molecule has 0 atom stereocenters. The highest BCUT2D eigenvalue weighted by atomic mass is 127. The Hall–Kier alpha value is -1.24. The van der Waals surface area contributed by atoms with Crippen LogP contribution in [0.15, 0.2) is 29.4 Å². The molecule has 20 heavy (non-hydrogen) atoms. The van der Waals surface area contributed by atoms with E-state index in [-0.39, 0.29) is 24.0 Å². The molecule has 0 bridgehead atoms. The van der Waals surface area contributed by atoms with Crippen molar-refractivity contribution in [3.05, 3.63) is 35.5 Å². The molecule has 1 aliphatic carbocycles. The summed E-state index contributed by atoms with van der Waals surface area (Å²) in [5.74, 6) is 0.582. The first-order chi connectivity index (χ1) is 9.24. The lowest BCUT2D eigenvalue weighted by atomic mass is 10.1. The number of H-pyrrole nitrogens is 1. The van der Waals surface area contributed by atoms with Crippen LogP contribution in [0.3, 0.4) is 0 Å². The molecule has 0 unspecified atom stereocenters. The van der Waals surface area contributed by atoms with Crippen LogP contribution >= 0.6 is 24.0 Å².